The van der Waals surface area contributed by atoms with Gasteiger partial charge in [0.25, 0.3) is 0 Å². The molecule has 0 radical (unpaired) electrons. The van der Waals surface area contributed by atoms with E-state index < -0.39 is 10.6 Å². The second kappa shape index (κ2) is 7.22. The molecule has 2 N–H and O–H groups in total. The minimum Gasteiger partial charge on any atom is -0.502 e. The fourth-order valence-corrected chi connectivity index (χ4v) is 2.86. The predicted octanol–water partition coefficient (Wildman–Crippen LogP) is 2.08. The highest BCUT2D eigenvalue weighted by Gasteiger charge is 2.29. The molecular weight excluding hydrogens is 296 g/mol. The number of rotatable bonds is 5. The maximum Gasteiger partial charge on any atom is 0.312 e. The third-order valence-corrected chi connectivity index (χ3v) is 3.94. The van der Waals surface area contributed by atoms with E-state index in [1.54, 1.807) is 0 Å². The smallest absolute Gasteiger partial charge is 0.312 e. The number of nitrogens with one attached hydrogen (secondary N) is 1. The normalized spacial score (nSPS) is 16.5. The van der Waals surface area contributed by atoms with Gasteiger partial charge in [-0.1, -0.05) is 5.57 Å². The van der Waals surface area contributed by atoms with E-state index in [1.807, 2.05) is 13.0 Å². The van der Waals surface area contributed by atoms with E-state index in [4.69, 9.17) is 5.26 Å². The average molecular weight is 316 g/mol. The number of hydrogen-bond acceptors (Lipinski definition) is 6. The zero-order valence-electron chi connectivity index (χ0n) is 13.1. The highest BCUT2D eigenvalue weighted by Crippen LogP contribution is 2.39. The summed E-state index contributed by atoms with van der Waals surface area (Å²) in [5.41, 5.74) is 1.07. The number of phenols is 1. The van der Waals surface area contributed by atoms with Crippen molar-refractivity contribution in [2.75, 3.05) is 26.2 Å². The molecular formula is C16H20N4O3. The van der Waals surface area contributed by atoms with Crippen LogP contribution in [0.4, 0.5) is 5.69 Å². The SMILES string of the molecule is C=C(C)C[C@H](c1cc(C#N)cc([N+](=O)[O-])c1O)N1CCNCC1. The number of benzene rings is 1. The van der Waals surface area contributed by atoms with Gasteiger partial charge >= 0.3 is 5.69 Å². The second-order valence-electron chi connectivity index (χ2n) is 5.77. The van der Waals surface area contributed by atoms with Crippen molar-refractivity contribution in [3.8, 4) is 11.8 Å². The third kappa shape index (κ3) is 3.86. The van der Waals surface area contributed by atoms with Gasteiger partial charge < -0.3 is 10.4 Å². The van der Waals surface area contributed by atoms with Crippen LogP contribution in [0.3, 0.4) is 0 Å². The molecule has 0 spiro atoms. The van der Waals surface area contributed by atoms with Crippen LogP contribution in [0, 0.1) is 21.4 Å². The Hall–Kier alpha value is -2.43. The highest BCUT2D eigenvalue weighted by molar-refractivity contribution is 5.57. The van der Waals surface area contributed by atoms with Crippen molar-refractivity contribution in [1.82, 2.24) is 10.2 Å². The molecule has 1 fully saturated rings. The summed E-state index contributed by atoms with van der Waals surface area (Å²) < 4.78 is 0. The number of hydrogen-bond donors (Lipinski definition) is 2. The van der Waals surface area contributed by atoms with Gasteiger partial charge in [0.1, 0.15) is 0 Å². The Labute approximate surface area is 135 Å². The zero-order valence-corrected chi connectivity index (χ0v) is 13.1. The van der Waals surface area contributed by atoms with Crippen LogP contribution < -0.4 is 5.32 Å². The third-order valence-electron chi connectivity index (χ3n) is 3.94. The molecule has 1 heterocycles. The fourth-order valence-electron chi connectivity index (χ4n) is 2.86. The molecule has 0 saturated carbocycles. The second-order valence-corrected chi connectivity index (χ2v) is 5.77. The monoisotopic (exact) mass is 316 g/mol. The van der Waals surface area contributed by atoms with Crippen LogP contribution in [-0.4, -0.2) is 41.1 Å². The van der Waals surface area contributed by atoms with E-state index in [0.29, 0.717) is 12.0 Å². The van der Waals surface area contributed by atoms with Gasteiger partial charge in [0.2, 0.25) is 0 Å². The molecule has 23 heavy (non-hydrogen) atoms. The molecule has 1 saturated heterocycles. The number of nitrogens with zero attached hydrogens (tertiary/aromatic N) is 3. The first kappa shape index (κ1) is 16.9. The Balaban J connectivity index is 2.52. The Kier molecular flexibility index (Phi) is 5.32. The molecule has 122 valence electrons. The molecule has 0 bridgehead atoms. The molecule has 0 amide bonds. The molecule has 0 aliphatic carbocycles. The van der Waals surface area contributed by atoms with E-state index in [2.05, 4.69) is 16.8 Å². The molecule has 2 rings (SSSR count). The van der Waals surface area contributed by atoms with Crippen molar-refractivity contribution < 1.29 is 10.0 Å². The van der Waals surface area contributed by atoms with Crippen molar-refractivity contribution >= 4 is 5.69 Å². The average Bonchev–Trinajstić information content (AvgIpc) is 2.53. The summed E-state index contributed by atoms with van der Waals surface area (Å²) in [7, 11) is 0. The number of nitro benzene ring substituents is 1. The quantitative estimate of drug-likeness (QED) is 0.490. The minimum atomic E-state index is -0.657. The molecule has 0 aromatic heterocycles. The maximum atomic E-state index is 11.2. The van der Waals surface area contributed by atoms with Crippen molar-refractivity contribution in [2.24, 2.45) is 0 Å². The lowest BCUT2D eigenvalue weighted by molar-refractivity contribution is -0.386. The van der Waals surface area contributed by atoms with Gasteiger partial charge in [0.05, 0.1) is 16.6 Å². The molecule has 1 aliphatic rings. The molecule has 1 aromatic rings. The molecule has 7 nitrogen and oxygen atoms in total. The van der Waals surface area contributed by atoms with Crippen LogP contribution in [0.25, 0.3) is 0 Å². The first-order chi connectivity index (χ1) is 10.9. The van der Waals surface area contributed by atoms with Gasteiger partial charge in [0, 0.05) is 43.9 Å². The van der Waals surface area contributed by atoms with Crippen LogP contribution in [0.2, 0.25) is 0 Å². The number of nitro groups is 1. The fraction of sp³-hybridized carbons (Fsp3) is 0.438. The van der Waals surface area contributed by atoms with Gasteiger partial charge in [-0.05, 0) is 19.4 Å². The number of piperazine rings is 1. The van der Waals surface area contributed by atoms with Crippen molar-refractivity contribution in [1.29, 1.82) is 5.26 Å². The first-order valence-electron chi connectivity index (χ1n) is 7.44. The standard InChI is InChI=1S/C16H20N4O3/c1-11(2)7-14(19-5-3-18-4-6-19)13-8-12(10-17)9-15(16(13)21)20(22)23/h8-9,14,18,21H,1,3-7H2,2H3/t14-/m1/s1. The number of nitriles is 1. The Morgan fingerprint density at radius 2 is 2.22 bits per heavy atom. The van der Waals surface area contributed by atoms with Gasteiger partial charge in [-0.25, -0.2) is 0 Å². The topological polar surface area (TPSA) is 102 Å². The Morgan fingerprint density at radius 1 is 1.57 bits per heavy atom. The Bertz CT molecular complexity index is 660. The summed E-state index contributed by atoms with van der Waals surface area (Å²) in [5.74, 6) is -0.362. The van der Waals surface area contributed by atoms with Crippen molar-refractivity contribution in [3.63, 3.8) is 0 Å². The van der Waals surface area contributed by atoms with E-state index in [1.165, 1.54) is 6.07 Å². The zero-order chi connectivity index (χ0) is 17.0. The van der Waals surface area contributed by atoms with Gasteiger partial charge in [-0.3, -0.25) is 15.0 Å². The van der Waals surface area contributed by atoms with E-state index in [0.717, 1.165) is 37.8 Å². The minimum absolute atomic E-state index is 0.173. The maximum absolute atomic E-state index is 11.2. The predicted molar refractivity (Wildman–Crippen MR) is 86.1 cm³/mol. The van der Waals surface area contributed by atoms with Crippen LogP contribution in [-0.2, 0) is 0 Å². The van der Waals surface area contributed by atoms with E-state index in [9.17, 15) is 15.2 Å². The van der Waals surface area contributed by atoms with Crippen LogP contribution >= 0.6 is 0 Å². The molecule has 1 aliphatic heterocycles. The lowest BCUT2D eigenvalue weighted by Crippen LogP contribution is -2.45. The lowest BCUT2D eigenvalue weighted by Gasteiger charge is -2.35. The lowest BCUT2D eigenvalue weighted by atomic mass is 9.95. The molecule has 0 unspecified atom stereocenters. The van der Waals surface area contributed by atoms with E-state index in [-0.39, 0.29) is 17.4 Å². The largest absolute Gasteiger partial charge is 0.502 e. The number of phenolic OH excluding ortho intramolecular Hbond substituents is 1. The van der Waals surface area contributed by atoms with Crippen LogP contribution in [0.1, 0.15) is 30.5 Å². The first-order valence-corrected chi connectivity index (χ1v) is 7.44. The Morgan fingerprint density at radius 3 is 2.74 bits per heavy atom. The van der Waals surface area contributed by atoms with Gasteiger partial charge in [0.15, 0.2) is 5.75 Å². The van der Waals surface area contributed by atoms with Crippen molar-refractivity contribution in [3.05, 3.63) is 45.5 Å². The van der Waals surface area contributed by atoms with Gasteiger partial charge in [-0.15, -0.1) is 6.58 Å². The summed E-state index contributed by atoms with van der Waals surface area (Å²) in [4.78, 5) is 12.7. The molecule has 1 atom stereocenters. The van der Waals surface area contributed by atoms with E-state index >= 15 is 0 Å². The summed E-state index contributed by atoms with van der Waals surface area (Å²) in [5, 5.41) is 33.9. The summed E-state index contributed by atoms with van der Waals surface area (Å²) in [6, 6.07) is 4.34. The number of aromatic hydroxyl groups is 1. The highest BCUT2D eigenvalue weighted by atomic mass is 16.6. The summed E-state index contributed by atoms with van der Waals surface area (Å²) in [6.07, 6.45) is 0.569. The van der Waals surface area contributed by atoms with Crippen LogP contribution in [0.15, 0.2) is 24.3 Å². The molecule has 7 heteroatoms. The molecule has 1 aromatic carbocycles. The van der Waals surface area contributed by atoms with Crippen molar-refractivity contribution in [2.45, 2.75) is 19.4 Å². The summed E-state index contributed by atoms with van der Waals surface area (Å²) >= 11 is 0. The van der Waals surface area contributed by atoms with Crippen LogP contribution in [0.5, 0.6) is 5.75 Å². The summed E-state index contributed by atoms with van der Waals surface area (Å²) in [6.45, 7) is 8.96. The van der Waals surface area contributed by atoms with Gasteiger partial charge in [-0.2, -0.15) is 5.26 Å².